The number of benzene rings is 3. The number of ether oxygens (including phenoxy) is 1. The Hall–Kier alpha value is -5.46. The van der Waals surface area contributed by atoms with Crippen LogP contribution in [-0.2, 0) is 34.5 Å². The molecular formula is C37H28F11N3O5. The van der Waals surface area contributed by atoms with Crippen LogP contribution in [0.1, 0.15) is 57.4 Å². The van der Waals surface area contributed by atoms with Crippen molar-refractivity contribution in [3.63, 3.8) is 0 Å². The largest absolute Gasteiger partial charge is 0.481 e. The Balaban J connectivity index is 1.66. The number of aliphatic carboxylic acids is 1. The number of nitrogens with zero attached hydrogens (tertiary/aromatic N) is 2. The smallest absolute Gasteiger partial charge is 0.419 e. The van der Waals surface area contributed by atoms with E-state index in [1.165, 1.54) is 30.0 Å². The molecular weight excluding hydrogens is 775 g/mol. The van der Waals surface area contributed by atoms with Crippen LogP contribution in [0.2, 0.25) is 0 Å². The molecule has 0 unspecified atom stereocenters. The number of carboxylic acids is 1. The molecule has 1 fully saturated rings. The molecule has 4 aromatic rings. The number of aromatic nitrogens is 1. The van der Waals surface area contributed by atoms with E-state index in [4.69, 9.17) is 4.74 Å². The van der Waals surface area contributed by atoms with E-state index in [1.807, 2.05) is 0 Å². The molecule has 3 aromatic carbocycles. The lowest BCUT2D eigenvalue weighted by Gasteiger charge is -2.34. The van der Waals surface area contributed by atoms with E-state index in [0.29, 0.717) is 29.0 Å². The number of carbonyl (C=O) groups is 2. The zero-order chi connectivity index (χ0) is 41.1. The third-order valence-electron chi connectivity index (χ3n) is 9.40. The molecule has 298 valence electrons. The van der Waals surface area contributed by atoms with E-state index in [1.54, 1.807) is 0 Å². The number of hydrogen-bond acceptors (Lipinski definition) is 5. The highest BCUT2D eigenvalue weighted by Gasteiger charge is 2.41. The van der Waals surface area contributed by atoms with Crippen molar-refractivity contribution in [2.45, 2.75) is 56.5 Å². The van der Waals surface area contributed by atoms with Crippen LogP contribution in [0.25, 0.3) is 11.1 Å². The summed E-state index contributed by atoms with van der Waals surface area (Å²) in [6, 6.07) is 2.29. The summed E-state index contributed by atoms with van der Waals surface area (Å²) in [5, 5.41) is 11.8. The molecule has 1 aromatic heterocycles. The van der Waals surface area contributed by atoms with E-state index in [2.05, 4.69) is 5.32 Å². The van der Waals surface area contributed by atoms with Gasteiger partial charge in [-0.1, -0.05) is 12.1 Å². The van der Waals surface area contributed by atoms with Crippen LogP contribution in [0, 0.1) is 12.7 Å². The molecule has 1 amide bonds. The molecule has 8 nitrogen and oxygen atoms in total. The van der Waals surface area contributed by atoms with Gasteiger partial charge in [0.25, 0.3) is 5.56 Å². The maximum atomic E-state index is 16.0. The predicted molar refractivity (Wildman–Crippen MR) is 175 cm³/mol. The van der Waals surface area contributed by atoms with Crippen molar-refractivity contribution in [2.75, 3.05) is 19.6 Å². The van der Waals surface area contributed by atoms with Gasteiger partial charge in [-0.2, -0.15) is 39.5 Å². The molecule has 0 aliphatic carbocycles. The highest BCUT2D eigenvalue weighted by Crippen LogP contribution is 2.44. The van der Waals surface area contributed by atoms with Crippen LogP contribution in [0.15, 0.2) is 65.6 Å². The fourth-order valence-electron chi connectivity index (χ4n) is 6.80. The van der Waals surface area contributed by atoms with E-state index in [-0.39, 0.29) is 42.6 Å². The number of nitrogens with one attached hydrogen (secondary N) is 1. The minimum atomic E-state index is -5.41. The first-order chi connectivity index (χ1) is 26.0. The highest BCUT2D eigenvalue weighted by atomic mass is 19.4. The Morgan fingerprint density at radius 2 is 1.59 bits per heavy atom. The van der Waals surface area contributed by atoms with Crippen LogP contribution >= 0.6 is 0 Å². The van der Waals surface area contributed by atoms with Gasteiger partial charge >= 0.3 is 24.5 Å². The van der Waals surface area contributed by atoms with Gasteiger partial charge in [0.15, 0.2) is 0 Å². The molecule has 4 bridgehead atoms. The van der Waals surface area contributed by atoms with E-state index < -0.39 is 118 Å². The first kappa shape index (κ1) is 40.2. The lowest BCUT2D eigenvalue weighted by Crippen LogP contribution is -2.49. The molecule has 2 aliphatic rings. The zero-order valence-corrected chi connectivity index (χ0v) is 28.7. The summed E-state index contributed by atoms with van der Waals surface area (Å²) in [4.78, 5) is 41.4. The summed E-state index contributed by atoms with van der Waals surface area (Å²) in [6.45, 7) is 1.00. The van der Waals surface area contributed by atoms with Crippen molar-refractivity contribution in [3.05, 3.63) is 116 Å². The van der Waals surface area contributed by atoms with Gasteiger partial charge in [0, 0.05) is 43.0 Å². The number of fused-ring (bicyclic) bond motifs is 6. The van der Waals surface area contributed by atoms with E-state index in [9.17, 15) is 63.4 Å². The Morgan fingerprint density at radius 1 is 0.911 bits per heavy atom. The number of halogens is 11. The van der Waals surface area contributed by atoms with Crippen molar-refractivity contribution in [1.82, 2.24) is 14.8 Å². The number of carboxylic acid groups (broad SMARTS) is 1. The molecule has 2 aliphatic heterocycles. The minimum absolute atomic E-state index is 0.0926. The van der Waals surface area contributed by atoms with Crippen molar-refractivity contribution >= 4 is 11.9 Å². The lowest BCUT2D eigenvalue weighted by molar-refractivity contribution is -0.140. The summed E-state index contributed by atoms with van der Waals surface area (Å²) in [5.74, 6) is -6.44. The maximum Gasteiger partial charge on any atom is 0.419 e. The van der Waals surface area contributed by atoms with Crippen LogP contribution in [0.3, 0.4) is 0 Å². The fraction of sp³-hybridized carbons (Fsp3) is 0.324. The molecule has 1 saturated heterocycles. The number of pyridine rings is 1. The summed E-state index contributed by atoms with van der Waals surface area (Å²) in [7, 11) is 0. The van der Waals surface area contributed by atoms with Crippen LogP contribution in [0.5, 0.6) is 11.5 Å². The summed E-state index contributed by atoms with van der Waals surface area (Å²) in [6.07, 6.45) is -18.2. The molecule has 2 N–H and O–H groups in total. The molecule has 0 radical (unpaired) electrons. The molecule has 19 heteroatoms. The first-order valence-electron chi connectivity index (χ1n) is 16.6. The van der Waals surface area contributed by atoms with Crippen LogP contribution in [-0.4, -0.2) is 52.3 Å². The standard InChI is InChI=1S/C37H28F11N3O5/c1-17-3-2-4-28-31(17)19-9-24(32(39)26(10-19)37(46,47)48)27(13-30(53)54)49-34(55)33(20-7-21(35(40,41)42)11-23(8-20)56-28)51-14-18(5-6-50-15-22(38)16-50)25(12-29(51)52)36(43,44)45/h2-4,7-12,14,22,27,33H,5-6,13,15-16H2,1H3,(H,49,55)(H,53,54)/t27-,33+/m0/s1. The normalized spacial score (nSPS) is 18.1. The number of hydrogen-bond donors (Lipinski definition) is 2. The van der Waals surface area contributed by atoms with Gasteiger partial charge in [-0.05, 0) is 72.0 Å². The predicted octanol–water partition coefficient (Wildman–Crippen LogP) is 8.24. The van der Waals surface area contributed by atoms with E-state index >= 15 is 4.39 Å². The first-order valence-corrected chi connectivity index (χ1v) is 16.6. The Labute approximate surface area is 309 Å². The fourth-order valence-corrected chi connectivity index (χ4v) is 6.80. The Bertz CT molecular complexity index is 2260. The third-order valence-corrected chi connectivity index (χ3v) is 9.40. The van der Waals surface area contributed by atoms with Gasteiger partial charge in [0.2, 0.25) is 5.91 Å². The lowest BCUT2D eigenvalue weighted by atomic mass is 9.91. The maximum absolute atomic E-state index is 16.0. The second kappa shape index (κ2) is 14.6. The molecule has 0 spiro atoms. The topological polar surface area (TPSA) is 101 Å². The monoisotopic (exact) mass is 803 g/mol. The Kier molecular flexibility index (Phi) is 10.5. The molecule has 0 saturated carbocycles. The van der Waals surface area contributed by atoms with Gasteiger partial charge in [-0.3, -0.25) is 23.9 Å². The number of aryl methyl sites for hydroxylation is 1. The van der Waals surface area contributed by atoms with Gasteiger partial charge in [0.05, 0.1) is 29.2 Å². The number of alkyl halides is 10. The van der Waals surface area contributed by atoms with Gasteiger partial charge in [0.1, 0.15) is 29.5 Å². The van der Waals surface area contributed by atoms with Crippen molar-refractivity contribution in [3.8, 4) is 22.6 Å². The second-order valence-electron chi connectivity index (χ2n) is 13.4. The van der Waals surface area contributed by atoms with Gasteiger partial charge < -0.3 is 15.2 Å². The number of rotatable bonds is 6. The molecule has 2 atom stereocenters. The number of likely N-dealkylation sites (tertiary alicyclic amines) is 1. The summed E-state index contributed by atoms with van der Waals surface area (Å²) in [5.41, 5.74) is -9.28. The van der Waals surface area contributed by atoms with Crippen molar-refractivity contribution in [1.29, 1.82) is 0 Å². The average Bonchev–Trinajstić information content (AvgIpc) is 3.05. The number of amides is 1. The zero-order valence-electron chi connectivity index (χ0n) is 28.7. The Morgan fingerprint density at radius 3 is 2.20 bits per heavy atom. The third kappa shape index (κ3) is 8.22. The summed E-state index contributed by atoms with van der Waals surface area (Å²) < 4.78 is 165. The molecule has 6 rings (SSSR count). The van der Waals surface area contributed by atoms with Crippen LogP contribution in [0.4, 0.5) is 48.3 Å². The SMILES string of the molecule is Cc1cccc2c1-c1cc(c(F)c(C(F)(F)F)c1)[C@H](CC(=O)O)NC(=O)[C@H](n1cc(CCN3CC(F)C3)c(C(F)(F)F)cc1=O)c1cc(cc(C(F)(F)F)c1)O2. The van der Waals surface area contributed by atoms with Gasteiger partial charge in [-0.25, -0.2) is 8.78 Å². The van der Waals surface area contributed by atoms with Gasteiger partial charge in [-0.15, -0.1) is 0 Å². The second-order valence-corrected chi connectivity index (χ2v) is 13.4. The quantitative estimate of drug-likeness (QED) is 0.191. The summed E-state index contributed by atoms with van der Waals surface area (Å²) >= 11 is 0. The van der Waals surface area contributed by atoms with E-state index in [0.717, 1.165) is 12.1 Å². The number of carbonyl (C=O) groups excluding carboxylic acids is 1. The van der Waals surface area contributed by atoms with Crippen molar-refractivity contribution in [2.24, 2.45) is 0 Å². The minimum Gasteiger partial charge on any atom is -0.481 e. The van der Waals surface area contributed by atoms with Crippen LogP contribution < -0.4 is 15.6 Å². The van der Waals surface area contributed by atoms with Crippen molar-refractivity contribution < 1.29 is 67.7 Å². The molecule has 56 heavy (non-hydrogen) atoms. The highest BCUT2D eigenvalue weighted by molar-refractivity contribution is 5.85. The molecule has 3 heterocycles. The average molecular weight is 804 g/mol.